The molecule has 0 radical (unpaired) electrons. The van der Waals surface area contributed by atoms with Crippen LogP contribution in [0, 0.1) is 0 Å². The van der Waals surface area contributed by atoms with Crippen molar-refractivity contribution in [3.8, 4) is 0 Å². The van der Waals surface area contributed by atoms with Gasteiger partial charge in [0.15, 0.2) is 0 Å². The topological polar surface area (TPSA) is 26.5 Å². The molecular weight excluding hydrogens is 279 g/mol. The summed E-state index contributed by atoms with van der Waals surface area (Å²) >= 11 is -0.556. The van der Waals surface area contributed by atoms with Crippen molar-refractivity contribution in [2.24, 2.45) is 4.99 Å². The van der Waals surface area contributed by atoms with Crippen LogP contribution in [0.2, 0.25) is 0 Å². The predicted molar refractivity (Wildman–Crippen MR) is 65.2 cm³/mol. The number of benzene rings is 1. The Morgan fingerprint density at radius 2 is 1.75 bits per heavy atom. The van der Waals surface area contributed by atoms with Crippen LogP contribution in [0.1, 0.15) is 5.69 Å². The van der Waals surface area contributed by atoms with Gasteiger partial charge in [-0.05, 0) is 12.1 Å². The van der Waals surface area contributed by atoms with Crippen LogP contribution >= 0.6 is 18.6 Å². The molecule has 1 aromatic heterocycles. The number of halogens is 2. The minimum absolute atomic E-state index is 0.556. The Hall–Kier alpha value is -0.536. The first-order chi connectivity index (χ1) is 7.86. The monoisotopic (exact) mass is 287 g/mol. The Morgan fingerprint density at radius 1 is 1.06 bits per heavy atom. The van der Waals surface area contributed by atoms with E-state index in [1.807, 2.05) is 42.5 Å². The van der Waals surface area contributed by atoms with Gasteiger partial charge in [0.25, 0.3) is 0 Å². The molecule has 0 N–H and O–H groups in total. The minimum atomic E-state index is -0.556. The van der Waals surface area contributed by atoms with Gasteiger partial charge in [-0.2, -0.15) is 6.20 Å². The van der Waals surface area contributed by atoms with Crippen molar-refractivity contribution in [2.75, 3.05) is 0 Å². The summed E-state index contributed by atoms with van der Waals surface area (Å²) < 4.78 is 0. The van der Waals surface area contributed by atoms with Gasteiger partial charge in [0, 0.05) is 6.21 Å². The molecule has 0 aliphatic carbocycles. The van der Waals surface area contributed by atoms with E-state index in [2.05, 4.69) is 9.98 Å². The summed E-state index contributed by atoms with van der Waals surface area (Å²) in [5, 5.41) is 0. The number of hydrogen-bond acceptors (Lipinski definition) is 1. The first kappa shape index (κ1) is 13.5. The summed E-state index contributed by atoms with van der Waals surface area (Å²) in [6, 6.07) is 13.6. The molecule has 0 aliphatic heterocycles. The second kappa shape index (κ2) is 8.60. The Bertz CT molecular complexity index is 401. The van der Waals surface area contributed by atoms with Crippen LogP contribution in [-0.2, 0) is 17.0 Å². The average Bonchev–Trinajstić information content (AvgIpc) is 2.82. The van der Waals surface area contributed by atoms with E-state index in [-0.39, 0.29) is 0 Å². The van der Waals surface area contributed by atoms with Crippen molar-refractivity contribution >= 4 is 30.5 Å². The van der Waals surface area contributed by atoms with Crippen molar-refractivity contribution in [2.45, 2.75) is 0 Å². The fourth-order valence-electron chi connectivity index (χ4n) is 1.04. The third kappa shape index (κ3) is 5.52. The van der Waals surface area contributed by atoms with E-state index in [0.29, 0.717) is 0 Å². The second-order valence-corrected chi connectivity index (χ2v) is 5.31. The van der Waals surface area contributed by atoms with Gasteiger partial charge < -0.3 is 4.98 Å². The van der Waals surface area contributed by atoms with Gasteiger partial charge in [-0.15, -0.1) is 5.69 Å². The van der Waals surface area contributed by atoms with Crippen LogP contribution in [0.5, 0.6) is 0 Å². The fraction of sp³-hybridized carbons (Fsp3) is 0. The van der Waals surface area contributed by atoms with Crippen molar-refractivity contribution in [1.29, 1.82) is 0 Å². The summed E-state index contributed by atoms with van der Waals surface area (Å²) in [5.74, 6) is 0. The second-order valence-electron chi connectivity index (χ2n) is 2.73. The van der Waals surface area contributed by atoms with Crippen LogP contribution in [0.4, 0.5) is 5.69 Å². The van der Waals surface area contributed by atoms with Gasteiger partial charge in [0.1, 0.15) is 0 Å². The average molecular weight is 288 g/mol. The van der Waals surface area contributed by atoms with Crippen LogP contribution in [-0.4, -0.2) is 6.21 Å². The van der Waals surface area contributed by atoms with E-state index in [0.717, 1.165) is 11.4 Å². The number of para-hydroxylation sites is 1. The molecule has 2 rings (SSSR count). The van der Waals surface area contributed by atoms with Gasteiger partial charge >= 0.3 is 35.6 Å². The molecule has 16 heavy (non-hydrogen) atoms. The molecule has 1 aromatic carbocycles. The van der Waals surface area contributed by atoms with Crippen molar-refractivity contribution in [3.05, 3.63) is 54.4 Å². The molecule has 0 bridgehead atoms. The Kier molecular flexibility index (Phi) is 7.27. The number of rotatable bonds is 2. The molecule has 0 saturated heterocycles. The van der Waals surface area contributed by atoms with E-state index in [1.165, 1.54) is 0 Å². The van der Waals surface area contributed by atoms with Crippen molar-refractivity contribution in [3.63, 3.8) is 0 Å². The SMILES string of the molecule is C(=Nc1ccccc1)c1ccc[n-]1.[Cl][Ti][Cl]. The normalized spacial score (nSPS) is 9.62. The molecule has 0 saturated carbocycles. The summed E-state index contributed by atoms with van der Waals surface area (Å²) in [7, 11) is 9.78. The molecule has 0 aliphatic rings. The number of aromatic nitrogens is 1. The molecule has 0 spiro atoms. The van der Waals surface area contributed by atoms with Gasteiger partial charge in [0.05, 0.1) is 5.69 Å². The van der Waals surface area contributed by atoms with Crippen molar-refractivity contribution < 1.29 is 17.0 Å². The van der Waals surface area contributed by atoms with Crippen LogP contribution in [0.15, 0.2) is 53.7 Å². The molecular formula is C11H9Cl2N2Ti-. The Morgan fingerprint density at radius 3 is 2.31 bits per heavy atom. The Labute approximate surface area is 111 Å². The zero-order valence-electron chi connectivity index (χ0n) is 8.35. The maximum absolute atomic E-state index is 4.89. The van der Waals surface area contributed by atoms with E-state index in [4.69, 9.17) is 18.6 Å². The molecule has 0 fully saturated rings. The molecule has 1 heterocycles. The molecule has 2 aromatic rings. The summed E-state index contributed by atoms with van der Waals surface area (Å²) in [5.41, 5.74) is 1.84. The zero-order valence-corrected chi connectivity index (χ0v) is 11.4. The van der Waals surface area contributed by atoms with Gasteiger partial charge in [-0.1, -0.05) is 30.3 Å². The van der Waals surface area contributed by atoms with Gasteiger partial charge in [-0.3, -0.25) is 4.99 Å². The van der Waals surface area contributed by atoms with Gasteiger partial charge in [-0.25, -0.2) is 0 Å². The van der Waals surface area contributed by atoms with E-state index < -0.39 is 17.0 Å². The Balaban J connectivity index is 0.000000386. The quantitative estimate of drug-likeness (QED) is 0.610. The molecule has 2 nitrogen and oxygen atoms in total. The summed E-state index contributed by atoms with van der Waals surface area (Å²) in [6.07, 6.45) is 3.52. The third-order valence-corrected chi connectivity index (χ3v) is 1.68. The van der Waals surface area contributed by atoms with Crippen LogP contribution in [0.25, 0.3) is 0 Å². The first-order valence-electron chi connectivity index (χ1n) is 4.50. The predicted octanol–water partition coefficient (Wildman–Crippen LogP) is 3.77. The maximum atomic E-state index is 4.89. The van der Waals surface area contributed by atoms with Crippen molar-refractivity contribution in [1.82, 2.24) is 4.98 Å². The molecule has 0 atom stereocenters. The first-order valence-corrected chi connectivity index (χ1v) is 8.79. The number of aliphatic imine (C=N–C) groups is 1. The molecule has 82 valence electrons. The van der Waals surface area contributed by atoms with Crippen LogP contribution in [0.3, 0.4) is 0 Å². The van der Waals surface area contributed by atoms with Gasteiger partial charge in [0.2, 0.25) is 0 Å². The molecule has 5 heteroatoms. The van der Waals surface area contributed by atoms with E-state index >= 15 is 0 Å². The molecule has 0 amide bonds. The van der Waals surface area contributed by atoms with Crippen LogP contribution < -0.4 is 4.98 Å². The fourth-order valence-corrected chi connectivity index (χ4v) is 1.04. The summed E-state index contributed by atoms with van der Waals surface area (Å²) in [6.45, 7) is 0. The van der Waals surface area contributed by atoms with E-state index in [9.17, 15) is 0 Å². The third-order valence-electron chi connectivity index (χ3n) is 1.68. The van der Waals surface area contributed by atoms with E-state index in [1.54, 1.807) is 12.4 Å². The number of nitrogens with zero attached hydrogens (tertiary/aromatic N) is 2. The standard InChI is InChI=1S/C11H9N2.2ClH.Ti/c1-2-5-10(6-3-1)13-9-11-7-4-8-12-11;;;/h1-9H;2*1H;/q-1;;;+2/p-2. The zero-order chi connectivity index (χ0) is 11.6. The number of hydrogen-bond donors (Lipinski definition) is 0. The molecule has 0 unspecified atom stereocenters. The summed E-state index contributed by atoms with van der Waals surface area (Å²) in [4.78, 5) is 8.34.